The van der Waals surface area contributed by atoms with Gasteiger partial charge in [0.2, 0.25) is 0 Å². The van der Waals surface area contributed by atoms with Crippen molar-refractivity contribution in [3.63, 3.8) is 0 Å². The van der Waals surface area contributed by atoms with Gasteiger partial charge in [0, 0.05) is 12.7 Å². The van der Waals surface area contributed by atoms with E-state index in [1.165, 1.54) is 0 Å². The number of hydrogen-bond donors (Lipinski definition) is 3. The van der Waals surface area contributed by atoms with Gasteiger partial charge in [-0.25, -0.2) is 4.79 Å². The Hall–Kier alpha value is -2.11. The molecule has 1 aliphatic rings. The molecule has 0 spiro atoms. The van der Waals surface area contributed by atoms with Crippen LogP contribution in [0.15, 0.2) is 24.4 Å². The van der Waals surface area contributed by atoms with Crippen LogP contribution in [0.5, 0.6) is 0 Å². The van der Waals surface area contributed by atoms with Gasteiger partial charge in [-0.2, -0.15) is 0 Å². The molecule has 1 heterocycles. The first-order chi connectivity index (χ1) is 9.60. The third-order valence-corrected chi connectivity index (χ3v) is 3.72. The van der Waals surface area contributed by atoms with Crippen molar-refractivity contribution in [1.82, 2.24) is 15.6 Å². The van der Waals surface area contributed by atoms with Crippen LogP contribution in [0.25, 0.3) is 0 Å². The number of carbonyl (C=O) groups excluding carboxylic acids is 1. The second-order valence-corrected chi connectivity index (χ2v) is 5.28. The lowest BCUT2D eigenvalue weighted by Crippen LogP contribution is -2.46. The molecular weight excluding hydrogens is 258 g/mol. The Kier molecular flexibility index (Phi) is 4.55. The Morgan fingerprint density at radius 3 is 2.65 bits per heavy atom. The highest BCUT2D eigenvalue weighted by molar-refractivity contribution is 5.74. The summed E-state index contributed by atoms with van der Waals surface area (Å²) in [5.74, 6) is -0.805. The van der Waals surface area contributed by atoms with Crippen molar-refractivity contribution in [3.8, 4) is 0 Å². The molecule has 1 aromatic rings. The number of pyridine rings is 1. The molecule has 0 radical (unpaired) electrons. The van der Waals surface area contributed by atoms with Crippen molar-refractivity contribution in [3.05, 3.63) is 30.1 Å². The van der Waals surface area contributed by atoms with Crippen LogP contribution in [-0.4, -0.2) is 28.6 Å². The molecule has 1 aromatic heterocycles. The van der Waals surface area contributed by atoms with E-state index in [4.69, 9.17) is 5.11 Å². The Labute approximate surface area is 117 Å². The third-order valence-electron chi connectivity index (χ3n) is 3.72. The Morgan fingerprint density at radius 1 is 1.30 bits per heavy atom. The average molecular weight is 277 g/mol. The Balaban J connectivity index is 1.73. The van der Waals surface area contributed by atoms with Crippen LogP contribution in [0.4, 0.5) is 4.79 Å². The van der Waals surface area contributed by atoms with Gasteiger partial charge in [-0.05, 0) is 30.4 Å². The zero-order valence-electron chi connectivity index (χ0n) is 11.3. The molecule has 0 atom stereocenters. The summed E-state index contributed by atoms with van der Waals surface area (Å²) in [7, 11) is 0. The van der Waals surface area contributed by atoms with Gasteiger partial charge in [-0.3, -0.25) is 9.78 Å². The Morgan fingerprint density at radius 2 is 2.10 bits per heavy atom. The first kappa shape index (κ1) is 14.3. The highest BCUT2D eigenvalue weighted by atomic mass is 16.4. The van der Waals surface area contributed by atoms with Crippen LogP contribution in [-0.2, 0) is 11.3 Å². The molecule has 2 amide bonds. The number of carbonyl (C=O) groups is 2. The van der Waals surface area contributed by atoms with Crippen LogP contribution in [0, 0.1) is 5.41 Å². The summed E-state index contributed by atoms with van der Waals surface area (Å²) in [5.41, 5.74) is 0.528. The zero-order valence-corrected chi connectivity index (χ0v) is 11.3. The minimum atomic E-state index is -0.805. The van der Waals surface area contributed by atoms with Gasteiger partial charge in [0.15, 0.2) is 0 Å². The molecule has 1 fully saturated rings. The number of rotatable bonds is 6. The molecule has 6 nitrogen and oxygen atoms in total. The van der Waals surface area contributed by atoms with Crippen molar-refractivity contribution < 1.29 is 14.7 Å². The quantitative estimate of drug-likeness (QED) is 0.735. The molecule has 0 saturated heterocycles. The number of urea groups is 1. The van der Waals surface area contributed by atoms with Gasteiger partial charge >= 0.3 is 12.0 Å². The predicted molar refractivity (Wildman–Crippen MR) is 73.0 cm³/mol. The number of amides is 2. The molecule has 20 heavy (non-hydrogen) atoms. The summed E-state index contributed by atoms with van der Waals surface area (Å²) >= 11 is 0. The maximum atomic E-state index is 11.7. The molecule has 0 aliphatic heterocycles. The average Bonchev–Trinajstić information content (AvgIpc) is 2.40. The van der Waals surface area contributed by atoms with E-state index < -0.39 is 5.97 Å². The Bertz CT molecular complexity index is 472. The smallest absolute Gasteiger partial charge is 0.315 e. The highest BCUT2D eigenvalue weighted by Gasteiger charge is 2.39. The van der Waals surface area contributed by atoms with E-state index in [9.17, 15) is 9.59 Å². The highest BCUT2D eigenvalue weighted by Crippen LogP contribution is 2.43. The summed E-state index contributed by atoms with van der Waals surface area (Å²) in [4.78, 5) is 26.6. The number of nitrogens with zero attached hydrogens (tertiary/aromatic N) is 1. The number of aliphatic carboxylic acids is 1. The van der Waals surface area contributed by atoms with Gasteiger partial charge in [-0.15, -0.1) is 0 Å². The van der Waals surface area contributed by atoms with Crippen LogP contribution in [0.2, 0.25) is 0 Å². The topological polar surface area (TPSA) is 91.3 Å². The maximum absolute atomic E-state index is 11.7. The molecule has 0 aromatic carbocycles. The van der Waals surface area contributed by atoms with E-state index in [1.807, 2.05) is 18.2 Å². The molecule has 3 N–H and O–H groups in total. The van der Waals surface area contributed by atoms with Gasteiger partial charge in [0.1, 0.15) is 0 Å². The molecule has 1 aliphatic carbocycles. The molecule has 108 valence electrons. The van der Waals surface area contributed by atoms with Crippen molar-refractivity contribution in [1.29, 1.82) is 0 Å². The second-order valence-electron chi connectivity index (χ2n) is 5.28. The van der Waals surface area contributed by atoms with Crippen LogP contribution in [0.3, 0.4) is 0 Å². The SMILES string of the molecule is O=C(O)CC1(CNC(=O)NCc2ccccn2)CCC1. The van der Waals surface area contributed by atoms with E-state index in [1.54, 1.807) is 6.20 Å². The van der Waals surface area contributed by atoms with Crippen molar-refractivity contribution in [2.24, 2.45) is 5.41 Å². The van der Waals surface area contributed by atoms with E-state index >= 15 is 0 Å². The van der Waals surface area contributed by atoms with Crippen LogP contribution < -0.4 is 10.6 Å². The minimum absolute atomic E-state index is 0.119. The largest absolute Gasteiger partial charge is 0.481 e. The standard InChI is InChI=1S/C14H19N3O3/c18-12(19)8-14(5-3-6-14)10-17-13(20)16-9-11-4-1-2-7-15-11/h1-2,4,7H,3,5-6,8-10H2,(H,18,19)(H2,16,17,20). The van der Waals surface area contributed by atoms with Gasteiger partial charge < -0.3 is 15.7 Å². The lowest BCUT2D eigenvalue weighted by molar-refractivity contribution is -0.141. The summed E-state index contributed by atoms with van der Waals surface area (Å²) in [5, 5.41) is 14.4. The van der Waals surface area contributed by atoms with Crippen LogP contribution in [0.1, 0.15) is 31.4 Å². The van der Waals surface area contributed by atoms with Crippen molar-refractivity contribution >= 4 is 12.0 Å². The van der Waals surface area contributed by atoms with Gasteiger partial charge in [0.25, 0.3) is 0 Å². The molecule has 6 heteroatoms. The monoisotopic (exact) mass is 277 g/mol. The van der Waals surface area contributed by atoms with Crippen LogP contribution >= 0.6 is 0 Å². The first-order valence-corrected chi connectivity index (χ1v) is 6.73. The summed E-state index contributed by atoms with van der Waals surface area (Å²) in [6, 6.07) is 5.22. The van der Waals surface area contributed by atoms with E-state index in [2.05, 4.69) is 15.6 Å². The number of hydrogen-bond acceptors (Lipinski definition) is 3. The van der Waals surface area contributed by atoms with Gasteiger partial charge in [0.05, 0.1) is 18.7 Å². The zero-order chi connectivity index (χ0) is 14.4. The summed E-state index contributed by atoms with van der Waals surface area (Å²) in [6.07, 6.45) is 4.54. The minimum Gasteiger partial charge on any atom is -0.481 e. The van der Waals surface area contributed by atoms with Crippen molar-refractivity contribution in [2.45, 2.75) is 32.2 Å². The maximum Gasteiger partial charge on any atom is 0.315 e. The van der Waals surface area contributed by atoms with E-state index in [0.717, 1.165) is 25.0 Å². The number of carboxylic acid groups (broad SMARTS) is 1. The molecule has 1 saturated carbocycles. The fraction of sp³-hybridized carbons (Fsp3) is 0.500. The van der Waals surface area contributed by atoms with Crippen molar-refractivity contribution in [2.75, 3.05) is 6.54 Å². The van der Waals surface area contributed by atoms with Gasteiger partial charge in [-0.1, -0.05) is 12.5 Å². The normalized spacial score (nSPS) is 16.0. The summed E-state index contributed by atoms with van der Waals surface area (Å²) < 4.78 is 0. The number of carboxylic acids is 1. The number of nitrogens with one attached hydrogen (secondary N) is 2. The lowest BCUT2D eigenvalue weighted by atomic mass is 9.66. The third kappa shape index (κ3) is 3.94. The molecule has 0 unspecified atom stereocenters. The molecule has 0 bridgehead atoms. The lowest BCUT2D eigenvalue weighted by Gasteiger charge is -2.40. The van der Waals surface area contributed by atoms with E-state index in [-0.39, 0.29) is 17.9 Å². The van der Waals surface area contributed by atoms with E-state index in [0.29, 0.717) is 13.1 Å². The second kappa shape index (κ2) is 6.36. The molecular formula is C14H19N3O3. The number of aromatic nitrogens is 1. The fourth-order valence-electron chi connectivity index (χ4n) is 2.42. The first-order valence-electron chi connectivity index (χ1n) is 6.73. The predicted octanol–water partition coefficient (Wildman–Crippen LogP) is 1.53. The summed E-state index contributed by atoms with van der Waals surface area (Å²) in [6.45, 7) is 0.770. The molecule has 2 rings (SSSR count). The fourth-order valence-corrected chi connectivity index (χ4v) is 2.42.